The van der Waals surface area contributed by atoms with Gasteiger partial charge in [-0.1, -0.05) is 41.6 Å². The Kier molecular flexibility index (Phi) is 7.85. The lowest BCUT2D eigenvalue weighted by Gasteiger charge is -2.35. The number of amides is 1. The smallest absolute Gasteiger partial charge is 0.267 e. The highest BCUT2D eigenvalue weighted by Crippen LogP contribution is 2.28. The first-order valence-corrected chi connectivity index (χ1v) is 13.7. The fraction of sp³-hybridized carbons (Fsp3) is 0.273. The monoisotopic (exact) mass is 548 g/mol. The first kappa shape index (κ1) is 26.0. The molecule has 3 heterocycles. The van der Waals surface area contributed by atoms with E-state index < -0.39 is 10.0 Å². The van der Waals surface area contributed by atoms with Crippen molar-refractivity contribution in [3.05, 3.63) is 63.7 Å². The normalized spacial score (nSPS) is 14.5. The molecule has 190 valence electrons. The maximum Gasteiger partial charge on any atom is 0.267 e. The molecule has 1 aromatic carbocycles. The molecule has 2 aromatic heterocycles. The van der Waals surface area contributed by atoms with E-state index in [0.717, 1.165) is 11.0 Å². The van der Waals surface area contributed by atoms with E-state index >= 15 is 0 Å². The van der Waals surface area contributed by atoms with Crippen molar-refractivity contribution in [2.24, 2.45) is 0 Å². The standard InChI is InChI=1S/C22H25ClN8O3S2/c1-4-36(33,34)29-31-10-8-30(9-11-31)19-12-18(25-15(3)26-19)27-22-24-13-17(35-22)21(32)28-20-14(2)6-5-7-16(20)23/h4-7,12-13,29H,1,8-11H2,2-3H3,(H,28,32)(H,24,25,26,27). The molecular weight excluding hydrogens is 524 g/mol. The third-order valence-corrected chi connectivity index (χ3v) is 7.51. The Morgan fingerprint density at radius 1 is 1.19 bits per heavy atom. The van der Waals surface area contributed by atoms with Crippen molar-refractivity contribution < 1.29 is 13.2 Å². The number of anilines is 4. The van der Waals surface area contributed by atoms with E-state index in [1.807, 2.05) is 24.0 Å². The van der Waals surface area contributed by atoms with Crippen LogP contribution in [0.5, 0.6) is 0 Å². The number of aryl methyl sites for hydroxylation is 2. The quantitative estimate of drug-likeness (QED) is 0.388. The van der Waals surface area contributed by atoms with E-state index in [1.54, 1.807) is 24.1 Å². The molecule has 0 unspecified atom stereocenters. The van der Waals surface area contributed by atoms with Crippen molar-refractivity contribution in [3.8, 4) is 0 Å². The largest absolute Gasteiger partial charge is 0.354 e. The summed E-state index contributed by atoms with van der Waals surface area (Å²) in [6.45, 7) is 9.06. The lowest BCUT2D eigenvalue weighted by Crippen LogP contribution is -2.53. The SMILES string of the molecule is C=CS(=O)(=O)NN1CCN(c2cc(Nc3ncc(C(=O)Nc4c(C)cccc4Cl)s3)nc(C)n2)CC1. The third kappa shape index (κ3) is 6.36. The number of carbonyl (C=O) groups is 1. The number of para-hydroxylation sites is 1. The first-order valence-electron chi connectivity index (χ1n) is 10.9. The summed E-state index contributed by atoms with van der Waals surface area (Å²) < 4.78 is 23.4. The van der Waals surface area contributed by atoms with Gasteiger partial charge in [-0.3, -0.25) is 4.79 Å². The van der Waals surface area contributed by atoms with Gasteiger partial charge in [0.2, 0.25) is 10.0 Å². The summed E-state index contributed by atoms with van der Waals surface area (Å²) in [6.07, 6.45) is 1.49. The zero-order chi connectivity index (χ0) is 25.9. The number of carbonyl (C=O) groups excluding carboxylic acids is 1. The van der Waals surface area contributed by atoms with Crippen molar-refractivity contribution in [2.75, 3.05) is 41.7 Å². The van der Waals surface area contributed by atoms with Gasteiger partial charge in [0, 0.05) is 37.7 Å². The van der Waals surface area contributed by atoms with Gasteiger partial charge in [-0.15, -0.1) is 4.83 Å². The number of aromatic nitrogens is 3. The van der Waals surface area contributed by atoms with Crippen LogP contribution in [0.25, 0.3) is 0 Å². The van der Waals surface area contributed by atoms with E-state index in [-0.39, 0.29) is 5.91 Å². The zero-order valence-corrected chi connectivity index (χ0v) is 22.0. The Labute approximate surface area is 218 Å². The Bertz CT molecular complexity index is 1370. The molecule has 1 fully saturated rings. The van der Waals surface area contributed by atoms with Crippen molar-refractivity contribution in [1.82, 2.24) is 24.8 Å². The van der Waals surface area contributed by atoms with E-state index in [4.69, 9.17) is 11.6 Å². The predicted octanol–water partition coefficient (Wildman–Crippen LogP) is 3.30. The molecular formula is C22H25ClN8O3S2. The molecule has 0 atom stereocenters. The molecule has 14 heteroatoms. The number of hydrogen-bond acceptors (Lipinski definition) is 10. The molecule has 4 rings (SSSR count). The number of piperazine rings is 1. The number of hydrazine groups is 1. The molecule has 1 amide bonds. The molecule has 3 N–H and O–H groups in total. The second kappa shape index (κ2) is 10.9. The molecule has 11 nitrogen and oxygen atoms in total. The van der Waals surface area contributed by atoms with Gasteiger partial charge in [-0.2, -0.15) is 0 Å². The first-order chi connectivity index (χ1) is 17.1. The number of nitrogens with one attached hydrogen (secondary N) is 3. The van der Waals surface area contributed by atoms with E-state index in [2.05, 4.69) is 37.0 Å². The van der Waals surface area contributed by atoms with Gasteiger partial charge in [0.25, 0.3) is 5.91 Å². The van der Waals surface area contributed by atoms with Gasteiger partial charge in [0.1, 0.15) is 22.3 Å². The van der Waals surface area contributed by atoms with Crippen LogP contribution in [-0.2, 0) is 10.0 Å². The lowest BCUT2D eigenvalue weighted by molar-refractivity contribution is 0.103. The summed E-state index contributed by atoms with van der Waals surface area (Å²) >= 11 is 7.41. The van der Waals surface area contributed by atoms with Crippen LogP contribution < -0.4 is 20.4 Å². The van der Waals surface area contributed by atoms with Crippen LogP contribution in [0.4, 0.5) is 22.5 Å². The number of hydrogen-bond donors (Lipinski definition) is 3. The van der Waals surface area contributed by atoms with Gasteiger partial charge >= 0.3 is 0 Å². The molecule has 0 saturated carbocycles. The van der Waals surface area contributed by atoms with Crippen LogP contribution in [0, 0.1) is 13.8 Å². The minimum absolute atomic E-state index is 0.304. The Balaban J connectivity index is 1.41. The van der Waals surface area contributed by atoms with Crippen LogP contribution >= 0.6 is 22.9 Å². The summed E-state index contributed by atoms with van der Waals surface area (Å²) in [5, 5.41) is 9.47. The number of rotatable bonds is 8. The van der Waals surface area contributed by atoms with Crippen LogP contribution in [0.15, 0.2) is 42.4 Å². The summed E-state index contributed by atoms with van der Waals surface area (Å²) in [5.41, 5.74) is 1.43. The number of halogens is 1. The molecule has 0 spiro atoms. The molecule has 36 heavy (non-hydrogen) atoms. The Hall–Kier alpha value is -3.10. The highest BCUT2D eigenvalue weighted by Gasteiger charge is 2.22. The van der Waals surface area contributed by atoms with Crippen molar-refractivity contribution in [1.29, 1.82) is 0 Å². The van der Waals surface area contributed by atoms with Gasteiger partial charge < -0.3 is 15.5 Å². The zero-order valence-electron chi connectivity index (χ0n) is 19.7. The molecule has 1 aliphatic rings. The summed E-state index contributed by atoms with van der Waals surface area (Å²) in [5.74, 6) is 1.50. The molecule has 1 saturated heterocycles. The van der Waals surface area contributed by atoms with E-state index in [9.17, 15) is 13.2 Å². The predicted molar refractivity (Wildman–Crippen MR) is 142 cm³/mol. The fourth-order valence-electron chi connectivity index (χ4n) is 3.53. The van der Waals surface area contributed by atoms with Crippen LogP contribution in [-0.4, -0.2) is 60.5 Å². The minimum atomic E-state index is -3.53. The number of thiazole rings is 1. The van der Waals surface area contributed by atoms with Gasteiger partial charge in [0.15, 0.2) is 5.13 Å². The maximum absolute atomic E-state index is 12.7. The van der Waals surface area contributed by atoms with Crippen molar-refractivity contribution in [3.63, 3.8) is 0 Å². The number of nitrogens with zero attached hydrogens (tertiary/aromatic N) is 5. The van der Waals surface area contributed by atoms with Crippen LogP contribution in [0.1, 0.15) is 21.1 Å². The van der Waals surface area contributed by atoms with Gasteiger partial charge in [0.05, 0.1) is 16.9 Å². The third-order valence-electron chi connectivity index (χ3n) is 5.33. The molecule has 0 radical (unpaired) electrons. The second-order valence-corrected chi connectivity index (χ2v) is 11.0. The van der Waals surface area contributed by atoms with Crippen LogP contribution in [0.2, 0.25) is 5.02 Å². The molecule has 1 aliphatic heterocycles. The van der Waals surface area contributed by atoms with E-state index in [1.165, 1.54) is 17.5 Å². The van der Waals surface area contributed by atoms with Gasteiger partial charge in [-0.05, 0) is 25.5 Å². The molecule has 3 aromatic rings. The summed E-state index contributed by atoms with van der Waals surface area (Å²) in [6, 6.07) is 7.21. The summed E-state index contributed by atoms with van der Waals surface area (Å²) in [7, 11) is -3.53. The summed E-state index contributed by atoms with van der Waals surface area (Å²) in [4.78, 5) is 30.9. The highest BCUT2D eigenvalue weighted by molar-refractivity contribution is 7.92. The van der Waals surface area contributed by atoms with E-state index in [0.29, 0.717) is 64.4 Å². The Morgan fingerprint density at radius 2 is 1.94 bits per heavy atom. The minimum Gasteiger partial charge on any atom is -0.354 e. The highest BCUT2D eigenvalue weighted by atomic mass is 35.5. The maximum atomic E-state index is 12.7. The fourth-order valence-corrected chi connectivity index (χ4v) is 5.14. The lowest BCUT2D eigenvalue weighted by atomic mass is 10.2. The second-order valence-electron chi connectivity index (χ2n) is 7.98. The van der Waals surface area contributed by atoms with Crippen molar-refractivity contribution in [2.45, 2.75) is 13.8 Å². The number of benzene rings is 1. The van der Waals surface area contributed by atoms with Gasteiger partial charge in [-0.25, -0.2) is 28.4 Å². The Morgan fingerprint density at radius 3 is 2.64 bits per heavy atom. The number of sulfonamides is 1. The molecule has 0 bridgehead atoms. The van der Waals surface area contributed by atoms with Crippen LogP contribution in [0.3, 0.4) is 0 Å². The average Bonchev–Trinajstić information content (AvgIpc) is 3.30. The molecule has 0 aliphatic carbocycles. The average molecular weight is 549 g/mol. The topological polar surface area (TPSA) is 132 Å². The van der Waals surface area contributed by atoms with Crippen molar-refractivity contribution >= 4 is 61.3 Å².